The zero-order valence-electron chi connectivity index (χ0n) is 8.77. The van der Waals surface area contributed by atoms with Crippen molar-refractivity contribution in [2.24, 2.45) is 4.40 Å². The second-order valence-corrected chi connectivity index (χ2v) is 6.75. The van der Waals surface area contributed by atoms with E-state index in [1.54, 1.807) is 6.21 Å². The first-order valence-electron chi connectivity index (χ1n) is 4.28. The lowest BCUT2D eigenvalue weighted by Crippen LogP contribution is -2.19. The molecule has 0 fully saturated rings. The fourth-order valence-electron chi connectivity index (χ4n) is 0.683. The van der Waals surface area contributed by atoms with Gasteiger partial charge in [0.05, 0.1) is 11.0 Å². The van der Waals surface area contributed by atoms with E-state index in [1.165, 1.54) is 11.3 Å². The molecule has 1 rings (SSSR count). The van der Waals surface area contributed by atoms with Gasteiger partial charge in [-0.15, -0.1) is 11.3 Å². The fourth-order valence-corrected chi connectivity index (χ4v) is 1.92. The topological polar surface area (TPSA) is 42.3 Å². The van der Waals surface area contributed by atoms with E-state index in [1.807, 2.05) is 33.1 Å². The van der Waals surface area contributed by atoms with Gasteiger partial charge in [0.25, 0.3) is 0 Å². The molecule has 0 aliphatic rings. The molecule has 0 saturated heterocycles. The van der Waals surface area contributed by atoms with E-state index in [-0.39, 0.29) is 4.75 Å². The largest absolute Gasteiger partial charge is 0.240 e. The lowest BCUT2D eigenvalue weighted by atomic mass is 10.3. The molecule has 0 aromatic carbocycles. The van der Waals surface area contributed by atoms with Crippen LogP contribution in [0.1, 0.15) is 31.5 Å². The Balaban J connectivity index is 2.70. The van der Waals surface area contributed by atoms with Gasteiger partial charge in [0.2, 0.25) is 0 Å². The minimum Gasteiger partial charge on any atom is -0.240 e. The lowest BCUT2D eigenvalue weighted by Gasteiger charge is -2.12. The van der Waals surface area contributed by atoms with E-state index in [4.69, 9.17) is 0 Å². The monoisotopic (exact) mass is 230 g/mol. The Morgan fingerprint density at radius 2 is 2.21 bits per heavy atom. The van der Waals surface area contributed by atoms with Crippen molar-refractivity contribution in [2.45, 2.75) is 32.4 Å². The molecule has 0 aliphatic carbocycles. The molecule has 0 radical (unpaired) electrons. The van der Waals surface area contributed by atoms with Crippen LogP contribution in [0.3, 0.4) is 0 Å². The van der Waals surface area contributed by atoms with E-state index in [0.717, 1.165) is 10.7 Å². The van der Waals surface area contributed by atoms with Crippen molar-refractivity contribution < 1.29 is 4.21 Å². The number of hydrogen-bond donors (Lipinski definition) is 0. The van der Waals surface area contributed by atoms with Gasteiger partial charge in [-0.3, -0.25) is 0 Å². The van der Waals surface area contributed by atoms with Gasteiger partial charge >= 0.3 is 0 Å². The molecule has 3 nitrogen and oxygen atoms in total. The van der Waals surface area contributed by atoms with Crippen LogP contribution in [0, 0.1) is 6.92 Å². The van der Waals surface area contributed by atoms with Crippen LogP contribution in [-0.2, 0) is 11.0 Å². The van der Waals surface area contributed by atoms with Gasteiger partial charge in [0, 0.05) is 11.1 Å². The minimum absolute atomic E-state index is 0.303. The van der Waals surface area contributed by atoms with E-state index in [2.05, 4.69) is 9.38 Å². The number of nitrogens with zero attached hydrogens (tertiary/aromatic N) is 2. The summed E-state index contributed by atoms with van der Waals surface area (Å²) < 4.78 is 15.2. The van der Waals surface area contributed by atoms with Crippen molar-refractivity contribution in [3.05, 3.63) is 16.1 Å². The highest BCUT2D eigenvalue weighted by Gasteiger charge is 2.18. The van der Waals surface area contributed by atoms with Crippen LogP contribution >= 0.6 is 11.3 Å². The molecule has 1 aromatic rings. The maximum absolute atomic E-state index is 11.5. The number of rotatable bonds is 2. The Kier molecular flexibility index (Phi) is 3.55. The second-order valence-electron chi connectivity index (χ2n) is 3.92. The van der Waals surface area contributed by atoms with Crippen molar-refractivity contribution in [1.82, 2.24) is 4.98 Å². The van der Waals surface area contributed by atoms with Gasteiger partial charge in [-0.05, 0) is 27.7 Å². The Bertz CT molecular complexity index is 363. The Morgan fingerprint density at radius 3 is 2.64 bits per heavy atom. The predicted molar refractivity (Wildman–Crippen MR) is 62.3 cm³/mol. The van der Waals surface area contributed by atoms with Crippen LogP contribution in [0.25, 0.3) is 0 Å². The van der Waals surface area contributed by atoms with Crippen LogP contribution in [0.15, 0.2) is 9.78 Å². The summed E-state index contributed by atoms with van der Waals surface area (Å²) in [7, 11) is -1.19. The molecule has 1 atom stereocenters. The van der Waals surface area contributed by atoms with Crippen LogP contribution in [0.2, 0.25) is 0 Å². The van der Waals surface area contributed by atoms with Gasteiger partial charge in [-0.2, -0.15) is 4.40 Å². The Morgan fingerprint density at radius 1 is 1.57 bits per heavy atom. The molecule has 0 N–H and O–H groups in total. The summed E-state index contributed by atoms with van der Waals surface area (Å²) in [6.45, 7) is 7.61. The molecular formula is C9H14N2OS2. The van der Waals surface area contributed by atoms with Crippen molar-refractivity contribution in [3.63, 3.8) is 0 Å². The summed E-state index contributed by atoms with van der Waals surface area (Å²) in [5.74, 6) is 0. The van der Waals surface area contributed by atoms with Gasteiger partial charge in [-0.1, -0.05) is 0 Å². The highest BCUT2D eigenvalue weighted by Crippen LogP contribution is 2.13. The first-order chi connectivity index (χ1) is 6.39. The number of hydrogen-bond acceptors (Lipinski definition) is 3. The fraction of sp³-hybridized carbons (Fsp3) is 0.556. The summed E-state index contributed by atoms with van der Waals surface area (Å²) in [6, 6.07) is 0. The van der Waals surface area contributed by atoms with Crippen LogP contribution in [-0.4, -0.2) is 20.2 Å². The quantitative estimate of drug-likeness (QED) is 0.732. The van der Waals surface area contributed by atoms with Gasteiger partial charge in [0.15, 0.2) is 0 Å². The van der Waals surface area contributed by atoms with Crippen molar-refractivity contribution in [3.8, 4) is 0 Å². The molecule has 78 valence electrons. The van der Waals surface area contributed by atoms with E-state index in [9.17, 15) is 4.21 Å². The predicted octanol–water partition coefficient (Wildman–Crippen LogP) is 2.33. The van der Waals surface area contributed by atoms with E-state index < -0.39 is 11.0 Å². The van der Waals surface area contributed by atoms with Gasteiger partial charge < -0.3 is 0 Å². The molecular weight excluding hydrogens is 216 g/mol. The highest BCUT2D eigenvalue weighted by molar-refractivity contribution is 7.85. The van der Waals surface area contributed by atoms with Crippen molar-refractivity contribution in [2.75, 3.05) is 0 Å². The third-order valence-electron chi connectivity index (χ3n) is 1.42. The smallest absolute Gasteiger partial charge is 0.144 e. The molecule has 1 aromatic heterocycles. The summed E-state index contributed by atoms with van der Waals surface area (Å²) in [5.41, 5.74) is 0.970. The third kappa shape index (κ3) is 3.31. The summed E-state index contributed by atoms with van der Waals surface area (Å²) in [5, 5.41) is 2.75. The molecule has 0 aliphatic heterocycles. The first-order valence-corrected chi connectivity index (χ1v) is 6.26. The number of aromatic nitrogens is 1. The highest BCUT2D eigenvalue weighted by atomic mass is 32.2. The van der Waals surface area contributed by atoms with Crippen LogP contribution in [0.5, 0.6) is 0 Å². The van der Waals surface area contributed by atoms with Gasteiger partial charge in [0.1, 0.15) is 16.0 Å². The molecule has 0 bridgehead atoms. The third-order valence-corrected chi connectivity index (χ3v) is 3.66. The Labute approximate surface area is 90.9 Å². The number of thiazole rings is 1. The maximum Gasteiger partial charge on any atom is 0.144 e. The second kappa shape index (κ2) is 4.31. The zero-order valence-corrected chi connectivity index (χ0v) is 10.4. The molecule has 0 saturated carbocycles. The standard InChI is InChI=1S/C9H14N2OS2/c1-7-6-13-8(11-7)5-10-14(12)9(2,3)4/h5-6H,1-4H3. The molecule has 14 heavy (non-hydrogen) atoms. The zero-order chi connectivity index (χ0) is 10.8. The van der Waals surface area contributed by atoms with Crippen LogP contribution < -0.4 is 0 Å². The normalized spacial score (nSPS) is 14.9. The molecule has 5 heteroatoms. The average Bonchev–Trinajstić information content (AvgIpc) is 2.45. The minimum atomic E-state index is -1.19. The van der Waals surface area contributed by atoms with E-state index in [0.29, 0.717) is 0 Å². The van der Waals surface area contributed by atoms with Gasteiger partial charge in [-0.25, -0.2) is 9.19 Å². The van der Waals surface area contributed by atoms with Crippen molar-refractivity contribution in [1.29, 1.82) is 0 Å². The summed E-state index contributed by atoms with van der Waals surface area (Å²) >= 11 is 1.51. The molecule has 0 amide bonds. The summed E-state index contributed by atoms with van der Waals surface area (Å²) in [4.78, 5) is 4.20. The molecule has 0 spiro atoms. The summed E-state index contributed by atoms with van der Waals surface area (Å²) in [6.07, 6.45) is 1.58. The average molecular weight is 230 g/mol. The first kappa shape index (κ1) is 11.5. The Hall–Kier alpha value is -0.550. The molecule has 1 heterocycles. The lowest BCUT2D eigenvalue weighted by molar-refractivity contribution is 0.651. The SMILES string of the molecule is Cc1csc(C=NS(=O)C(C)(C)C)n1. The maximum atomic E-state index is 11.5. The van der Waals surface area contributed by atoms with Crippen molar-refractivity contribution >= 4 is 28.5 Å². The molecule has 1 unspecified atom stereocenters. The number of aryl methyl sites for hydroxylation is 1. The van der Waals surface area contributed by atoms with E-state index >= 15 is 0 Å². The van der Waals surface area contributed by atoms with Crippen LogP contribution in [0.4, 0.5) is 0 Å².